The van der Waals surface area contributed by atoms with E-state index < -0.39 is 91.7 Å². The van der Waals surface area contributed by atoms with Crippen LogP contribution in [-0.2, 0) is 69.7 Å². The maximum atomic E-state index is 14.3. The molecule has 23 heteroatoms. The molecule has 9 N–H and O–H groups in total. The number of aromatic nitrogens is 2. The number of carbonyl (C=O) groups is 7. The molecule has 392 valence electrons. The number of hydrogen-bond donors (Lipinski definition) is 8. The number of nitrogens with one attached hydrogen (secondary N) is 3. The van der Waals surface area contributed by atoms with Crippen LogP contribution in [0.3, 0.4) is 0 Å². The number of imidazole rings is 1. The van der Waals surface area contributed by atoms with Gasteiger partial charge in [0.1, 0.15) is 11.8 Å². The van der Waals surface area contributed by atoms with Gasteiger partial charge in [-0.3, -0.25) is 38.1 Å². The summed E-state index contributed by atoms with van der Waals surface area (Å²) in [5.41, 5.74) is 12.8. The van der Waals surface area contributed by atoms with E-state index in [0.717, 1.165) is 19.3 Å². The maximum Gasteiger partial charge on any atom is 0.469 e. The number of unbranched alkanes of at least 4 members (excludes halogenated alkanes) is 1. The Morgan fingerprint density at radius 1 is 0.900 bits per heavy atom. The summed E-state index contributed by atoms with van der Waals surface area (Å²) >= 11 is 4.04. The number of thiol groups is 1. The number of aryl methyl sites for hydroxylation is 1. The van der Waals surface area contributed by atoms with Crippen molar-refractivity contribution in [1.29, 1.82) is 0 Å². The van der Waals surface area contributed by atoms with E-state index in [9.17, 15) is 47.9 Å². The predicted molar refractivity (Wildman–Crippen MR) is 261 cm³/mol. The fraction of sp³-hybridized carbons (Fsp3) is 0.660. The number of carbonyl (C=O) groups excluding carboxylic acids is 7. The molecule has 1 fully saturated rings. The van der Waals surface area contributed by atoms with Gasteiger partial charge in [-0.2, -0.15) is 12.6 Å². The molecule has 1 aromatic heterocycles. The first kappa shape index (κ1) is 59.9. The van der Waals surface area contributed by atoms with Crippen molar-refractivity contribution < 1.29 is 66.6 Å². The number of amides is 4. The number of ketones is 3. The van der Waals surface area contributed by atoms with E-state index in [0.29, 0.717) is 25.3 Å². The molecule has 2 heterocycles. The van der Waals surface area contributed by atoms with Gasteiger partial charge < -0.3 is 56.0 Å². The van der Waals surface area contributed by atoms with E-state index in [2.05, 4.69) is 49.9 Å². The van der Waals surface area contributed by atoms with E-state index >= 15 is 0 Å². The number of rotatable bonds is 36. The molecule has 4 amide bonds. The average molecular weight is 1020 g/mol. The third-order valence-corrected chi connectivity index (χ3v) is 12.8. The van der Waals surface area contributed by atoms with Crippen LogP contribution in [0.2, 0.25) is 0 Å². The number of nitrogens with two attached hydrogens (primary N) is 2. The molecule has 0 aliphatic carbocycles. The number of likely N-dealkylation sites (tertiary alicyclic amines) is 1. The minimum Gasteiger partial charge on any atom is -0.379 e. The van der Waals surface area contributed by atoms with Crippen molar-refractivity contribution in [3.63, 3.8) is 0 Å². The first-order valence-corrected chi connectivity index (χ1v) is 26.0. The van der Waals surface area contributed by atoms with E-state index in [1.54, 1.807) is 0 Å². The number of Topliss-reactive ketones (excluding diaryl/α,β-unsaturated/α-hetero) is 3. The lowest BCUT2D eigenvalue weighted by Gasteiger charge is -2.27. The van der Waals surface area contributed by atoms with Crippen LogP contribution in [0, 0.1) is 17.8 Å². The molecule has 8 atom stereocenters. The zero-order valence-corrected chi connectivity index (χ0v) is 42.5. The number of primary amides is 1. The number of phosphoric acid groups is 1. The van der Waals surface area contributed by atoms with Crippen molar-refractivity contribution in [3.8, 4) is 0 Å². The van der Waals surface area contributed by atoms with Crippen LogP contribution in [-0.4, -0.2) is 147 Å². The molecular formula is C47H74N7O14PS. The number of ether oxygens (including phenoxy) is 3. The highest BCUT2D eigenvalue weighted by atomic mass is 32.1. The highest BCUT2D eigenvalue weighted by Gasteiger charge is 2.41. The molecular weight excluding hydrogens is 950 g/mol. The van der Waals surface area contributed by atoms with E-state index in [-0.39, 0.29) is 88.3 Å². The normalized spacial score (nSPS) is 17.6. The van der Waals surface area contributed by atoms with Gasteiger partial charge in [-0.25, -0.2) is 9.55 Å². The smallest absolute Gasteiger partial charge is 0.379 e. The van der Waals surface area contributed by atoms with Crippen LogP contribution in [0.25, 0.3) is 0 Å². The summed E-state index contributed by atoms with van der Waals surface area (Å²) < 4.78 is 33.4. The molecule has 70 heavy (non-hydrogen) atoms. The van der Waals surface area contributed by atoms with Gasteiger partial charge >= 0.3 is 7.82 Å². The van der Waals surface area contributed by atoms with Crippen LogP contribution in [0.1, 0.15) is 96.7 Å². The first-order chi connectivity index (χ1) is 33.2. The minimum absolute atomic E-state index is 0.00569. The Bertz CT molecular complexity index is 2010. The Balaban J connectivity index is 1.70. The summed E-state index contributed by atoms with van der Waals surface area (Å²) in [7, 11) is -5.03. The summed E-state index contributed by atoms with van der Waals surface area (Å²) in [4.78, 5) is 120. The third-order valence-electron chi connectivity index (χ3n) is 11.8. The highest BCUT2D eigenvalue weighted by Crippen LogP contribution is 2.39. The molecule has 1 aromatic carbocycles. The number of nitrogens with zero attached hydrogens (tertiary/aromatic N) is 2. The Labute approximate surface area is 415 Å². The molecule has 0 radical (unpaired) electrons. The molecule has 21 nitrogen and oxygen atoms in total. The Morgan fingerprint density at radius 3 is 2.23 bits per heavy atom. The second-order valence-electron chi connectivity index (χ2n) is 18.1. The number of aromatic amines is 1. The number of H-pyrrole nitrogens is 1. The molecule has 0 saturated carbocycles. The van der Waals surface area contributed by atoms with E-state index in [1.807, 2.05) is 32.0 Å². The molecule has 2 aromatic rings. The quantitative estimate of drug-likeness (QED) is 0.0275. The summed E-state index contributed by atoms with van der Waals surface area (Å²) in [6.45, 7) is 7.71. The fourth-order valence-electron chi connectivity index (χ4n) is 7.94. The van der Waals surface area contributed by atoms with Crippen molar-refractivity contribution in [3.05, 3.63) is 54.1 Å². The van der Waals surface area contributed by atoms with Crippen LogP contribution < -0.4 is 22.1 Å². The zero-order chi connectivity index (χ0) is 51.8. The molecule has 0 bridgehead atoms. The molecule has 0 unspecified atom stereocenters. The van der Waals surface area contributed by atoms with Crippen LogP contribution in [0.5, 0.6) is 0 Å². The zero-order valence-electron chi connectivity index (χ0n) is 40.7. The number of hydrogen-bond acceptors (Lipinski definition) is 15. The van der Waals surface area contributed by atoms with Gasteiger partial charge in [-0.15, -0.1) is 0 Å². The van der Waals surface area contributed by atoms with Gasteiger partial charge in [0.05, 0.1) is 74.7 Å². The molecule has 1 aliphatic rings. The van der Waals surface area contributed by atoms with Gasteiger partial charge in [0.2, 0.25) is 23.6 Å². The van der Waals surface area contributed by atoms with Crippen molar-refractivity contribution in [2.24, 2.45) is 29.2 Å². The highest BCUT2D eigenvalue weighted by molar-refractivity contribution is 7.80. The van der Waals surface area contributed by atoms with Gasteiger partial charge in [0, 0.05) is 69.5 Å². The third kappa shape index (κ3) is 22.4. The second-order valence-corrected chi connectivity index (χ2v) is 19.7. The lowest BCUT2D eigenvalue weighted by molar-refractivity contribution is -0.140. The topological polar surface area (TPSA) is 322 Å². The summed E-state index contributed by atoms with van der Waals surface area (Å²) in [5, 5.41) is 5.49. The van der Waals surface area contributed by atoms with E-state index in [1.165, 1.54) is 36.8 Å². The Kier molecular flexibility index (Phi) is 26.7. The average Bonchev–Trinajstić information content (AvgIpc) is 3.99. The van der Waals surface area contributed by atoms with Crippen molar-refractivity contribution in [2.45, 2.75) is 135 Å². The largest absolute Gasteiger partial charge is 0.469 e. The van der Waals surface area contributed by atoms with Gasteiger partial charge in [-0.05, 0) is 57.4 Å². The molecule has 0 spiro atoms. The molecule has 1 aliphatic heterocycles. The van der Waals surface area contributed by atoms with Crippen molar-refractivity contribution >= 4 is 61.4 Å². The summed E-state index contributed by atoms with van der Waals surface area (Å²) in [6, 6.07) is 6.22. The van der Waals surface area contributed by atoms with Gasteiger partial charge in [0.25, 0.3) is 0 Å². The molecule has 1 saturated heterocycles. The standard InChI is InChI=1S/C47H74N7O14PS/c1-30(2)21-39(43(57)23-34(22-35-26-50-29-51-35)46(60)52-31(3)42(56)25-37(45(49)59)32(4)68-69(62,63)64)53-47(61)40-24-36(67-17-9-8-13-33-11-6-5-7-12-33)27-54(40)44(58)15-18-66-20-19-65-16-10-14-41(55)38(48)28-70/h5-7,11-12,26,29-32,34,36-40,70H,8-10,13-25,27-28,48H2,1-4H3,(H2,49,59)(H,50,51)(H,52,60)(H,53,61)(H2,62,63,64)/t31-,32+,34+,36+,37-,38-,39-,40-/m0/s1. The van der Waals surface area contributed by atoms with E-state index in [4.69, 9.17) is 25.7 Å². The number of benzene rings is 1. The van der Waals surface area contributed by atoms with Gasteiger partial charge in [0.15, 0.2) is 11.6 Å². The van der Waals surface area contributed by atoms with Crippen molar-refractivity contribution in [2.75, 3.05) is 45.3 Å². The summed E-state index contributed by atoms with van der Waals surface area (Å²) in [6.07, 6.45) is 3.69. The van der Waals surface area contributed by atoms with Crippen LogP contribution in [0.15, 0.2) is 42.9 Å². The van der Waals surface area contributed by atoms with Gasteiger partial charge in [-0.1, -0.05) is 44.2 Å². The lowest BCUT2D eigenvalue weighted by Crippen LogP contribution is -2.52. The SMILES string of the molecule is CC(C)C[C@H](NC(=O)[C@@H]1C[C@@H](OCCCCc2ccccc2)CN1C(=O)CCOCCOCCCC(=O)[C@@H](N)CS)C(=O)C[C@@H](Cc1cnc[nH]1)C(=O)N[C@@H](C)C(=O)C[C@H](C(N)=O)[C@@H](C)OP(=O)(O)O. The second kappa shape index (κ2) is 31.2. The van der Waals surface area contributed by atoms with Crippen molar-refractivity contribution in [1.82, 2.24) is 25.5 Å². The van der Waals surface area contributed by atoms with Crippen LogP contribution >= 0.6 is 20.5 Å². The Hall–Kier alpha value is -4.38. The Morgan fingerprint density at radius 2 is 1.60 bits per heavy atom. The monoisotopic (exact) mass is 1020 g/mol. The predicted octanol–water partition coefficient (Wildman–Crippen LogP) is 2.16. The minimum atomic E-state index is -5.03. The fourth-order valence-corrected chi connectivity index (χ4v) is 8.72. The lowest BCUT2D eigenvalue weighted by atomic mass is 9.89. The number of phosphoric ester groups is 1. The summed E-state index contributed by atoms with van der Waals surface area (Å²) in [5.74, 6) is -6.18. The first-order valence-electron chi connectivity index (χ1n) is 23.8. The maximum absolute atomic E-state index is 14.3. The van der Waals surface area contributed by atoms with Crippen LogP contribution in [0.4, 0.5) is 0 Å². The molecule has 3 rings (SSSR count).